The second-order valence-corrected chi connectivity index (χ2v) is 5.67. The van der Waals surface area contributed by atoms with Gasteiger partial charge in [0.25, 0.3) is 0 Å². The van der Waals surface area contributed by atoms with E-state index in [1.54, 1.807) is 6.07 Å². The van der Waals surface area contributed by atoms with Crippen LogP contribution in [0.4, 0.5) is 10.5 Å². The van der Waals surface area contributed by atoms with E-state index in [4.69, 9.17) is 16.3 Å². The minimum Gasteiger partial charge on any atom is -0.446 e. The van der Waals surface area contributed by atoms with E-state index in [0.29, 0.717) is 16.6 Å². The van der Waals surface area contributed by atoms with Crippen LogP contribution in [0.25, 0.3) is 0 Å². The Kier molecular flexibility index (Phi) is 4.70. The van der Waals surface area contributed by atoms with Crippen LogP contribution >= 0.6 is 11.6 Å². The largest absolute Gasteiger partial charge is 0.446 e. The summed E-state index contributed by atoms with van der Waals surface area (Å²) in [6.07, 6.45) is 4.06. The number of benzene rings is 1. The molecule has 1 saturated carbocycles. The van der Waals surface area contributed by atoms with Gasteiger partial charge in [-0.2, -0.15) is 0 Å². The highest BCUT2D eigenvalue weighted by Gasteiger charge is 2.25. The third-order valence-electron chi connectivity index (χ3n) is 3.74. The second-order valence-electron chi connectivity index (χ2n) is 5.26. The number of halogens is 1. The number of carbonyl (C=O) groups is 1. The molecule has 0 heterocycles. The first-order chi connectivity index (χ1) is 9.08. The summed E-state index contributed by atoms with van der Waals surface area (Å²) in [5.74, 6) is 0.437. The van der Waals surface area contributed by atoms with E-state index in [1.807, 2.05) is 19.1 Å². The predicted octanol–water partition coefficient (Wildman–Crippen LogP) is 4.78. The molecule has 4 heteroatoms. The maximum absolute atomic E-state index is 11.9. The molecule has 1 N–H and O–H groups in total. The molecule has 0 saturated heterocycles. The van der Waals surface area contributed by atoms with Crippen LogP contribution < -0.4 is 5.32 Å². The molecular weight excluding hydrogens is 262 g/mol. The van der Waals surface area contributed by atoms with Gasteiger partial charge in [-0.25, -0.2) is 4.79 Å². The first-order valence-electron chi connectivity index (χ1n) is 6.80. The zero-order valence-electron chi connectivity index (χ0n) is 11.4. The molecule has 2 rings (SSSR count). The lowest BCUT2D eigenvalue weighted by molar-refractivity contribution is 0.0524. The Labute approximate surface area is 119 Å². The molecule has 19 heavy (non-hydrogen) atoms. The van der Waals surface area contributed by atoms with Gasteiger partial charge in [-0.05, 0) is 43.7 Å². The topological polar surface area (TPSA) is 38.3 Å². The van der Waals surface area contributed by atoms with Gasteiger partial charge in [0.2, 0.25) is 0 Å². The molecule has 0 aromatic heterocycles. The molecule has 1 aliphatic rings. The van der Waals surface area contributed by atoms with Gasteiger partial charge in [-0.15, -0.1) is 0 Å². The van der Waals surface area contributed by atoms with Crippen molar-refractivity contribution < 1.29 is 9.53 Å². The molecule has 1 aromatic rings. The number of hydrogen-bond donors (Lipinski definition) is 1. The SMILES string of the molecule is Cc1cccc(Cl)c1NC(=O)O[C@H]1CCCC[C@@H]1C. The van der Waals surface area contributed by atoms with Gasteiger partial charge in [0.05, 0.1) is 10.7 Å². The molecule has 3 nitrogen and oxygen atoms in total. The smallest absolute Gasteiger partial charge is 0.411 e. The second kappa shape index (κ2) is 6.29. The van der Waals surface area contributed by atoms with Gasteiger partial charge in [0, 0.05) is 0 Å². The van der Waals surface area contributed by atoms with Crippen molar-refractivity contribution in [1.29, 1.82) is 0 Å². The summed E-state index contributed by atoms with van der Waals surface area (Å²) in [6.45, 7) is 4.04. The fourth-order valence-corrected chi connectivity index (χ4v) is 2.79. The summed E-state index contributed by atoms with van der Waals surface area (Å²) in [4.78, 5) is 11.9. The minimum absolute atomic E-state index is 0.0246. The standard InChI is InChI=1S/C15H20ClNO2/c1-10-6-3-4-9-13(10)19-15(18)17-14-11(2)7-5-8-12(14)16/h5,7-8,10,13H,3-4,6,9H2,1-2H3,(H,17,18)/t10-,13-/m0/s1. The summed E-state index contributed by atoms with van der Waals surface area (Å²) in [5.41, 5.74) is 1.57. The van der Waals surface area contributed by atoms with Gasteiger partial charge in [-0.1, -0.05) is 37.1 Å². The number of ether oxygens (including phenoxy) is 1. The molecular formula is C15H20ClNO2. The third kappa shape index (κ3) is 3.63. The van der Waals surface area contributed by atoms with Crippen molar-refractivity contribution in [3.05, 3.63) is 28.8 Å². The van der Waals surface area contributed by atoms with E-state index in [0.717, 1.165) is 24.8 Å². The predicted molar refractivity (Wildman–Crippen MR) is 77.7 cm³/mol. The van der Waals surface area contributed by atoms with E-state index < -0.39 is 6.09 Å². The number of aryl methyl sites for hydroxylation is 1. The zero-order chi connectivity index (χ0) is 13.8. The van der Waals surface area contributed by atoms with Crippen LogP contribution in [-0.2, 0) is 4.74 Å². The molecule has 1 aliphatic carbocycles. The van der Waals surface area contributed by atoms with Gasteiger partial charge in [-0.3, -0.25) is 5.32 Å². The lowest BCUT2D eigenvalue weighted by Gasteiger charge is -2.28. The molecule has 0 bridgehead atoms. The van der Waals surface area contributed by atoms with Crippen molar-refractivity contribution in [3.8, 4) is 0 Å². The summed E-state index contributed by atoms with van der Waals surface area (Å²) in [5, 5.41) is 3.29. The highest BCUT2D eigenvalue weighted by Crippen LogP contribution is 2.28. The number of amides is 1. The maximum atomic E-state index is 11.9. The van der Waals surface area contributed by atoms with E-state index in [2.05, 4.69) is 12.2 Å². The molecule has 0 radical (unpaired) electrons. The maximum Gasteiger partial charge on any atom is 0.411 e. The van der Waals surface area contributed by atoms with Gasteiger partial charge in [0.1, 0.15) is 6.10 Å². The number of rotatable bonds is 2. The molecule has 1 aromatic carbocycles. The number of hydrogen-bond acceptors (Lipinski definition) is 2. The van der Waals surface area contributed by atoms with Crippen molar-refractivity contribution in [2.24, 2.45) is 5.92 Å². The van der Waals surface area contributed by atoms with Crippen LogP contribution in [0.5, 0.6) is 0 Å². The van der Waals surface area contributed by atoms with Crippen molar-refractivity contribution in [2.75, 3.05) is 5.32 Å². The van der Waals surface area contributed by atoms with Gasteiger partial charge in [0.15, 0.2) is 0 Å². The van der Waals surface area contributed by atoms with Crippen molar-refractivity contribution in [2.45, 2.75) is 45.6 Å². The molecule has 1 amide bonds. The van der Waals surface area contributed by atoms with Gasteiger partial charge < -0.3 is 4.74 Å². The summed E-state index contributed by atoms with van der Waals surface area (Å²) < 4.78 is 5.51. The minimum atomic E-state index is -0.407. The quantitative estimate of drug-likeness (QED) is 0.847. The summed E-state index contributed by atoms with van der Waals surface area (Å²) >= 11 is 6.07. The Morgan fingerprint density at radius 2 is 2.11 bits per heavy atom. The summed E-state index contributed by atoms with van der Waals surface area (Å²) in [7, 11) is 0. The lowest BCUT2D eigenvalue weighted by atomic mass is 9.88. The molecule has 2 atom stereocenters. The number of carbonyl (C=O) groups excluding carboxylic acids is 1. The highest BCUT2D eigenvalue weighted by molar-refractivity contribution is 6.33. The molecule has 0 unspecified atom stereocenters. The first-order valence-corrected chi connectivity index (χ1v) is 7.18. The Morgan fingerprint density at radius 3 is 2.79 bits per heavy atom. The average molecular weight is 282 g/mol. The Bertz CT molecular complexity index is 441. The van der Waals surface area contributed by atoms with Crippen LogP contribution in [0.2, 0.25) is 5.02 Å². The number of para-hydroxylation sites is 1. The van der Waals surface area contributed by atoms with E-state index in [1.165, 1.54) is 6.42 Å². The Balaban J connectivity index is 1.97. The molecule has 104 valence electrons. The Morgan fingerprint density at radius 1 is 1.37 bits per heavy atom. The van der Waals surface area contributed by atoms with Crippen molar-refractivity contribution in [1.82, 2.24) is 0 Å². The van der Waals surface area contributed by atoms with Crippen LogP contribution in [0.3, 0.4) is 0 Å². The van der Waals surface area contributed by atoms with Crippen molar-refractivity contribution in [3.63, 3.8) is 0 Å². The Hall–Kier alpha value is -1.22. The van der Waals surface area contributed by atoms with Crippen molar-refractivity contribution >= 4 is 23.4 Å². The lowest BCUT2D eigenvalue weighted by Crippen LogP contribution is -2.30. The number of nitrogens with one attached hydrogen (secondary N) is 1. The molecule has 0 aliphatic heterocycles. The van der Waals surface area contributed by atoms with Crippen LogP contribution in [0.1, 0.15) is 38.2 Å². The molecule has 1 fully saturated rings. The summed E-state index contributed by atoms with van der Waals surface area (Å²) in [6, 6.07) is 5.52. The number of anilines is 1. The normalized spacial score (nSPS) is 22.9. The fourth-order valence-electron chi connectivity index (χ4n) is 2.52. The monoisotopic (exact) mass is 281 g/mol. The van der Waals surface area contributed by atoms with Crippen LogP contribution in [-0.4, -0.2) is 12.2 Å². The fraction of sp³-hybridized carbons (Fsp3) is 0.533. The highest BCUT2D eigenvalue weighted by atomic mass is 35.5. The van der Waals surface area contributed by atoms with Gasteiger partial charge >= 0.3 is 6.09 Å². The average Bonchev–Trinajstić information content (AvgIpc) is 2.37. The molecule has 0 spiro atoms. The van der Waals surface area contributed by atoms with Crippen LogP contribution in [0.15, 0.2) is 18.2 Å². The first kappa shape index (κ1) is 14.2. The van der Waals surface area contributed by atoms with E-state index in [-0.39, 0.29) is 6.10 Å². The van der Waals surface area contributed by atoms with Crippen LogP contribution in [0, 0.1) is 12.8 Å². The zero-order valence-corrected chi connectivity index (χ0v) is 12.2. The van der Waals surface area contributed by atoms with E-state index in [9.17, 15) is 4.79 Å². The third-order valence-corrected chi connectivity index (χ3v) is 4.06. The van der Waals surface area contributed by atoms with E-state index >= 15 is 0 Å².